The molecule has 4 nitrogen and oxygen atoms in total. The first-order chi connectivity index (χ1) is 9.56. The third-order valence-corrected chi connectivity index (χ3v) is 3.81. The van der Waals surface area contributed by atoms with Crippen molar-refractivity contribution in [2.45, 2.75) is 31.8 Å². The van der Waals surface area contributed by atoms with Crippen molar-refractivity contribution in [2.75, 3.05) is 11.9 Å². The van der Waals surface area contributed by atoms with Crippen molar-refractivity contribution >= 4 is 40.4 Å². The van der Waals surface area contributed by atoms with Gasteiger partial charge < -0.3 is 15.8 Å². The Labute approximate surface area is 128 Å². The van der Waals surface area contributed by atoms with E-state index >= 15 is 0 Å². The number of nitrogens with two attached hydrogens (primary N) is 1. The summed E-state index contributed by atoms with van der Waals surface area (Å²) in [4.78, 5) is 12.2. The van der Waals surface area contributed by atoms with Crippen molar-refractivity contribution in [3.05, 3.63) is 28.8 Å². The maximum absolute atomic E-state index is 11.9. The molecule has 6 heteroatoms. The summed E-state index contributed by atoms with van der Waals surface area (Å²) in [6, 6.07) is 5.09. The summed E-state index contributed by atoms with van der Waals surface area (Å²) >= 11 is 11.0. The van der Waals surface area contributed by atoms with Crippen LogP contribution in [0.15, 0.2) is 18.2 Å². The van der Waals surface area contributed by atoms with E-state index in [0.29, 0.717) is 22.7 Å². The van der Waals surface area contributed by atoms with E-state index < -0.39 is 0 Å². The van der Waals surface area contributed by atoms with Gasteiger partial charge in [-0.2, -0.15) is 0 Å². The molecule has 1 amide bonds. The molecule has 108 valence electrons. The van der Waals surface area contributed by atoms with Gasteiger partial charge in [0.15, 0.2) is 0 Å². The summed E-state index contributed by atoms with van der Waals surface area (Å²) in [7, 11) is 0. The minimum Gasteiger partial charge on any atom is -0.389 e. The lowest BCUT2D eigenvalue weighted by molar-refractivity contribution is -0.116. The van der Waals surface area contributed by atoms with Gasteiger partial charge in [-0.15, -0.1) is 0 Å². The molecule has 2 rings (SSSR count). The van der Waals surface area contributed by atoms with E-state index in [2.05, 4.69) is 5.32 Å². The topological polar surface area (TPSA) is 64.3 Å². The normalized spacial score (nSPS) is 17.9. The Morgan fingerprint density at radius 1 is 1.55 bits per heavy atom. The van der Waals surface area contributed by atoms with E-state index in [4.69, 9.17) is 34.3 Å². The van der Waals surface area contributed by atoms with Gasteiger partial charge in [0, 0.05) is 18.6 Å². The number of hydrogen-bond acceptors (Lipinski definition) is 3. The van der Waals surface area contributed by atoms with Crippen LogP contribution in [0.5, 0.6) is 0 Å². The first-order valence-electron chi connectivity index (χ1n) is 6.57. The molecule has 1 aliphatic rings. The molecular formula is C14H17ClN2O2S. The van der Waals surface area contributed by atoms with Gasteiger partial charge in [-0.3, -0.25) is 4.79 Å². The van der Waals surface area contributed by atoms with E-state index in [1.54, 1.807) is 18.2 Å². The second-order valence-corrected chi connectivity index (χ2v) is 5.63. The lowest BCUT2D eigenvalue weighted by Gasteiger charge is -2.11. The molecule has 0 aromatic heterocycles. The Bertz CT molecular complexity index is 516. The van der Waals surface area contributed by atoms with Crippen LogP contribution in [0, 0.1) is 0 Å². The van der Waals surface area contributed by atoms with Crippen molar-refractivity contribution in [3.63, 3.8) is 0 Å². The summed E-state index contributed by atoms with van der Waals surface area (Å²) in [5, 5.41) is 3.26. The third-order valence-electron chi connectivity index (χ3n) is 3.24. The van der Waals surface area contributed by atoms with Crippen LogP contribution in [0.4, 0.5) is 5.69 Å². The minimum atomic E-state index is -0.0810. The van der Waals surface area contributed by atoms with Gasteiger partial charge >= 0.3 is 0 Å². The van der Waals surface area contributed by atoms with Gasteiger partial charge in [-0.05, 0) is 31.4 Å². The Morgan fingerprint density at radius 2 is 2.35 bits per heavy atom. The highest BCUT2D eigenvalue weighted by Gasteiger charge is 2.17. The number of hydrogen-bond donors (Lipinski definition) is 2. The highest BCUT2D eigenvalue weighted by atomic mass is 35.5. The van der Waals surface area contributed by atoms with Gasteiger partial charge in [0.25, 0.3) is 0 Å². The van der Waals surface area contributed by atoms with Crippen molar-refractivity contribution in [2.24, 2.45) is 5.73 Å². The number of rotatable bonds is 5. The predicted molar refractivity (Wildman–Crippen MR) is 84.2 cm³/mol. The fourth-order valence-corrected chi connectivity index (χ4v) is 2.44. The number of carbonyl (C=O) groups is 1. The quantitative estimate of drug-likeness (QED) is 0.821. The standard InChI is InChI=1S/C14H17ClN2O2S/c15-11-5-3-9(14(16)20)8-12(11)17-13(18)6-4-10-2-1-7-19-10/h3,5,8,10H,1-2,4,6-7H2,(H2,16,20)(H,17,18). The molecule has 0 bridgehead atoms. The Balaban J connectivity index is 1.92. The van der Waals surface area contributed by atoms with E-state index in [1.165, 1.54) is 0 Å². The van der Waals surface area contributed by atoms with Gasteiger partial charge in [0.2, 0.25) is 5.91 Å². The number of carbonyl (C=O) groups excluding carboxylic acids is 1. The van der Waals surface area contributed by atoms with Crippen LogP contribution in [0.2, 0.25) is 5.02 Å². The zero-order chi connectivity index (χ0) is 14.5. The molecule has 1 aliphatic heterocycles. The molecule has 0 saturated carbocycles. The molecule has 0 radical (unpaired) electrons. The zero-order valence-corrected chi connectivity index (χ0v) is 12.6. The predicted octanol–water partition coefficient (Wildman–Crippen LogP) is 2.87. The zero-order valence-electron chi connectivity index (χ0n) is 11.0. The van der Waals surface area contributed by atoms with E-state index in [9.17, 15) is 4.79 Å². The smallest absolute Gasteiger partial charge is 0.224 e. The van der Waals surface area contributed by atoms with Crippen molar-refractivity contribution in [1.82, 2.24) is 0 Å². The van der Waals surface area contributed by atoms with E-state index in [1.807, 2.05) is 0 Å². The third kappa shape index (κ3) is 4.16. The number of amides is 1. The second-order valence-electron chi connectivity index (χ2n) is 4.78. The van der Waals surface area contributed by atoms with Crippen LogP contribution in [0.1, 0.15) is 31.2 Å². The molecular weight excluding hydrogens is 296 g/mol. The summed E-state index contributed by atoms with van der Waals surface area (Å²) in [6.07, 6.45) is 3.47. The molecule has 1 atom stereocenters. The van der Waals surface area contributed by atoms with Gasteiger partial charge in [0.05, 0.1) is 16.8 Å². The number of anilines is 1. The average molecular weight is 313 g/mol. The van der Waals surface area contributed by atoms with Crippen LogP contribution >= 0.6 is 23.8 Å². The highest BCUT2D eigenvalue weighted by Crippen LogP contribution is 2.24. The van der Waals surface area contributed by atoms with Gasteiger partial charge in [0.1, 0.15) is 4.99 Å². The van der Waals surface area contributed by atoms with Crippen LogP contribution < -0.4 is 11.1 Å². The lowest BCUT2D eigenvalue weighted by atomic mass is 10.1. The Hall–Kier alpha value is -1.17. The number of ether oxygens (including phenoxy) is 1. The first kappa shape index (κ1) is 15.2. The summed E-state index contributed by atoms with van der Waals surface area (Å²) in [6.45, 7) is 0.800. The van der Waals surface area contributed by atoms with Gasteiger partial charge in [-0.1, -0.05) is 29.9 Å². The van der Waals surface area contributed by atoms with Crippen molar-refractivity contribution in [1.29, 1.82) is 0 Å². The fraction of sp³-hybridized carbons (Fsp3) is 0.429. The van der Waals surface area contributed by atoms with Crippen LogP contribution in [0.25, 0.3) is 0 Å². The van der Waals surface area contributed by atoms with Crippen LogP contribution in [-0.4, -0.2) is 23.6 Å². The largest absolute Gasteiger partial charge is 0.389 e. The van der Waals surface area contributed by atoms with E-state index in [-0.39, 0.29) is 17.0 Å². The molecule has 0 aliphatic carbocycles. The maximum Gasteiger partial charge on any atom is 0.224 e. The minimum absolute atomic E-state index is 0.0810. The van der Waals surface area contributed by atoms with Crippen molar-refractivity contribution in [3.8, 4) is 0 Å². The lowest BCUT2D eigenvalue weighted by Crippen LogP contribution is -2.16. The summed E-state index contributed by atoms with van der Waals surface area (Å²) in [5.74, 6) is -0.0810. The molecule has 3 N–H and O–H groups in total. The van der Waals surface area contributed by atoms with Crippen LogP contribution in [0.3, 0.4) is 0 Å². The fourth-order valence-electron chi connectivity index (χ4n) is 2.15. The maximum atomic E-state index is 11.9. The summed E-state index contributed by atoms with van der Waals surface area (Å²) < 4.78 is 5.49. The first-order valence-corrected chi connectivity index (χ1v) is 7.35. The Morgan fingerprint density at radius 3 is 3.00 bits per heavy atom. The molecule has 1 aromatic carbocycles. The average Bonchev–Trinajstić information content (AvgIpc) is 2.92. The highest BCUT2D eigenvalue weighted by molar-refractivity contribution is 7.80. The van der Waals surface area contributed by atoms with E-state index in [0.717, 1.165) is 25.9 Å². The van der Waals surface area contributed by atoms with Crippen molar-refractivity contribution < 1.29 is 9.53 Å². The SMILES string of the molecule is NC(=S)c1ccc(Cl)c(NC(=O)CCC2CCCO2)c1. The number of benzene rings is 1. The van der Waals surface area contributed by atoms with Gasteiger partial charge in [-0.25, -0.2) is 0 Å². The van der Waals surface area contributed by atoms with Crippen LogP contribution in [-0.2, 0) is 9.53 Å². The monoisotopic (exact) mass is 312 g/mol. The summed E-state index contributed by atoms with van der Waals surface area (Å²) in [5.41, 5.74) is 6.78. The number of thiocarbonyl (C=S) groups is 1. The molecule has 1 fully saturated rings. The second kappa shape index (κ2) is 7.02. The molecule has 0 spiro atoms. The Kier molecular flexibility index (Phi) is 5.34. The molecule has 1 aromatic rings. The molecule has 1 saturated heterocycles. The molecule has 1 unspecified atom stereocenters. The number of halogens is 1. The molecule has 20 heavy (non-hydrogen) atoms. The molecule has 1 heterocycles. The number of nitrogens with one attached hydrogen (secondary N) is 1.